The molecule has 0 unspecified atom stereocenters. The zero-order valence-corrected chi connectivity index (χ0v) is 9.23. The van der Waals surface area contributed by atoms with Crippen LogP contribution in [0.25, 0.3) is 0 Å². The van der Waals surface area contributed by atoms with Gasteiger partial charge in [-0.05, 0) is 38.0 Å². The van der Waals surface area contributed by atoms with Crippen LogP contribution in [0.4, 0.5) is 0 Å². The van der Waals surface area contributed by atoms with Crippen molar-refractivity contribution in [2.75, 3.05) is 0 Å². The quantitative estimate of drug-likeness (QED) is 0.817. The van der Waals surface area contributed by atoms with Gasteiger partial charge in [0.1, 0.15) is 0 Å². The van der Waals surface area contributed by atoms with Crippen molar-refractivity contribution in [1.29, 1.82) is 0 Å². The van der Waals surface area contributed by atoms with E-state index in [0.29, 0.717) is 12.0 Å². The number of carboxylic acid groups (broad SMARTS) is 2. The highest BCUT2D eigenvalue weighted by Crippen LogP contribution is 2.22. The van der Waals surface area contributed by atoms with Crippen LogP contribution in [0.1, 0.15) is 29.8 Å². The minimum atomic E-state index is -1.00. The molecule has 0 aliphatic carbocycles. The summed E-state index contributed by atoms with van der Waals surface area (Å²) in [5.41, 5.74) is 0.00269. The van der Waals surface area contributed by atoms with E-state index in [1.54, 1.807) is 26.0 Å². The lowest BCUT2D eigenvalue weighted by atomic mass is 9.85. The maximum atomic E-state index is 10.9. The number of rotatable bonds is 4. The fourth-order valence-electron chi connectivity index (χ4n) is 1.40. The van der Waals surface area contributed by atoms with Crippen LogP contribution in [0.3, 0.4) is 0 Å². The molecule has 16 heavy (non-hydrogen) atoms. The van der Waals surface area contributed by atoms with Crippen molar-refractivity contribution in [1.82, 2.24) is 0 Å². The van der Waals surface area contributed by atoms with Gasteiger partial charge in [-0.15, -0.1) is 0 Å². The lowest BCUT2D eigenvalue weighted by molar-refractivity contribution is -0.146. The van der Waals surface area contributed by atoms with Crippen LogP contribution in [0.2, 0.25) is 0 Å². The van der Waals surface area contributed by atoms with Gasteiger partial charge >= 0.3 is 11.9 Å². The van der Waals surface area contributed by atoms with Gasteiger partial charge in [-0.1, -0.05) is 12.1 Å². The van der Waals surface area contributed by atoms with Crippen LogP contribution < -0.4 is 0 Å². The van der Waals surface area contributed by atoms with Gasteiger partial charge in [0.05, 0.1) is 11.0 Å². The molecule has 1 aromatic carbocycles. The summed E-state index contributed by atoms with van der Waals surface area (Å²) in [5, 5.41) is 17.8. The summed E-state index contributed by atoms with van der Waals surface area (Å²) >= 11 is 0. The van der Waals surface area contributed by atoms with E-state index in [-0.39, 0.29) is 5.56 Å². The minimum absolute atomic E-state index is 0.179. The standard InChI is InChI=1S/C12H14O4/c1-12(2,11(15)16)7-8-4-3-5-9(6-8)10(13)14/h3-6H,7H2,1-2H3,(H,13,14)(H,15,16). The lowest BCUT2D eigenvalue weighted by Gasteiger charge is -2.18. The molecule has 0 amide bonds. The average molecular weight is 222 g/mol. The van der Waals surface area contributed by atoms with E-state index in [1.807, 2.05) is 0 Å². The van der Waals surface area contributed by atoms with Crippen molar-refractivity contribution in [2.24, 2.45) is 5.41 Å². The highest BCUT2D eigenvalue weighted by molar-refractivity contribution is 5.87. The molecule has 0 radical (unpaired) electrons. The van der Waals surface area contributed by atoms with Crippen molar-refractivity contribution in [3.63, 3.8) is 0 Å². The van der Waals surface area contributed by atoms with Gasteiger partial charge in [0.2, 0.25) is 0 Å². The van der Waals surface area contributed by atoms with Crippen LogP contribution in [-0.2, 0) is 11.2 Å². The Morgan fingerprint density at radius 2 is 1.88 bits per heavy atom. The monoisotopic (exact) mass is 222 g/mol. The summed E-state index contributed by atoms with van der Waals surface area (Å²) in [7, 11) is 0. The van der Waals surface area contributed by atoms with E-state index in [2.05, 4.69) is 0 Å². The summed E-state index contributed by atoms with van der Waals surface area (Å²) in [4.78, 5) is 21.7. The van der Waals surface area contributed by atoms with E-state index in [9.17, 15) is 9.59 Å². The third-order valence-corrected chi connectivity index (χ3v) is 2.40. The molecule has 0 spiro atoms. The number of benzene rings is 1. The molecule has 0 atom stereocenters. The fourth-order valence-corrected chi connectivity index (χ4v) is 1.40. The zero-order valence-electron chi connectivity index (χ0n) is 9.23. The van der Waals surface area contributed by atoms with Gasteiger partial charge in [0.15, 0.2) is 0 Å². The Morgan fingerprint density at radius 1 is 1.25 bits per heavy atom. The SMILES string of the molecule is CC(C)(Cc1cccc(C(=O)O)c1)C(=O)O. The van der Waals surface area contributed by atoms with Crippen LogP contribution >= 0.6 is 0 Å². The minimum Gasteiger partial charge on any atom is -0.481 e. The molecular weight excluding hydrogens is 208 g/mol. The summed E-state index contributed by atoms with van der Waals surface area (Å²) in [5.74, 6) is -1.90. The van der Waals surface area contributed by atoms with Crippen LogP contribution in [0.5, 0.6) is 0 Å². The predicted molar refractivity (Wildman–Crippen MR) is 58.5 cm³/mol. The molecule has 4 nitrogen and oxygen atoms in total. The Bertz CT molecular complexity index is 421. The van der Waals surface area contributed by atoms with Gasteiger partial charge in [0.25, 0.3) is 0 Å². The molecule has 0 fully saturated rings. The van der Waals surface area contributed by atoms with Gasteiger partial charge < -0.3 is 10.2 Å². The molecule has 0 aliphatic heterocycles. The Morgan fingerprint density at radius 3 is 2.38 bits per heavy atom. The smallest absolute Gasteiger partial charge is 0.335 e. The van der Waals surface area contributed by atoms with Crippen LogP contribution in [0, 0.1) is 5.41 Å². The van der Waals surface area contributed by atoms with E-state index < -0.39 is 17.4 Å². The van der Waals surface area contributed by atoms with E-state index in [0.717, 1.165) is 0 Å². The van der Waals surface area contributed by atoms with Crippen molar-refractivity contribution >= 4 is 11.9 Å². The van der Waals surface area contributed by atoms with Crippen molar-refractivity contribution in [3.8, 4) is 0 Å². The molecule has 0 saturated heterocycles. The number of hydrogen-bond acceptors (Lipinski definition) is 2. The second-order valence-corrected chi connectivity index (χ2v) is 4.37. The number of hydrogen-bond donors (Lipinski definition) is 2. The molecule has 1 aromatic rings. The van der Waals surface area contributed by atoms with Crippen molar-refractivity contribution < 1.29 is 19.8 Å². The molecule has 2 N–H and O–H groups in total. The third-order valence-electron chi connectivity index (χ3n) is 2.40. The topological polar surface area (TPSA) is 74.6 Å². The van der Waals surface area contributed by atoms with Gasteiger partial charge in [0, 0.05) is 0 Å². The largest absolute Gasteiger partial charge is 0.481 e. The maximum absolute atomic E-state index is 10.9. The highest BCUT2D eigenvalue weighted by Gasteiger charge is 2.27. The molecule has 0 saturated carbocycles. The van der Waals surface area contributed by atoms with E-state index in [4.69, 9.17) is 10.2 Å². The molecule has 0 bridgehead atoms. The number of carboxylic acids is 2. The highest BCUT2D eigenvalue weighted by atomic mass is 16.4. The predicted octanol–water partition coefficient (Wildman–Crippen LogP) is 2.04. The zero-order chi connectivity index (χ0) is 12.3. The fraction of sp³-hybridized carbons (Fsp3) is 0.333. The second kappa shape index (κ2) is 4.35. The first kappa shape index (κ1) is 12.2. The maximum Gasteiger partial charge on any atom is 0.335 e. The summed E-state index contributed by atoms with van der Waals surface area (Å²) < 4.78 is 0. The van der Waals surface area contributed by atoms with Gasteiger partial charge in [-0.25, -0.2) is 4.79 Å². The third kappa shape index (κ3) is 2.82. The van der Waals surface area contributed by atoms with Crippen molar-refractivity contribution in [2.45, 2.75) is 20.3 Å². The molecule has 0 aliphatic rings. The number of carbonyl (C=O) groups is 2. The van der Waals surface area contributed by atoms with Crippen LogP contribution in [0.15, 0.2) is 24.3 Å². The Labute approximate surface area is 93.5 Å². The molecule has 86 valence electrons. The summed E-state index contributed by atoms with van der Waals surface area (Å²) in [6.45, 7) is 3.23. The van der Waals surface area contributed by atoms with E-state index >= 15 is 0 Å². The first-order valence-corrected chi connectivity index (χ1v) is 4.88. The van der Waals surface area contributed by atoms with Crippen LogP contribution in [-0.4, -0.2) is 22.2 Å². The van der Waals surface area contributed by atoms with Crippen molar-refractivity contribution in [3.05, 3.63) is 35.4 Å². The number of aromatic carboxylic acids is 1. The average Bonchev–Trinajstić information content (AvgIpc) is 2.17. The normalized spacial score (nSPS) is 11.1. The first-order valence-electron chi connectivity index (χ1n) is 4.88. The molecule has 1 rings (SSSR count). The molecule has 0 aromatic heterocycles. The Balaban J connectivity index is 2.94. The number of aliphatic carboxylic acids is 1. The molecule has 0 heterocycles. The Hall–Kier alpha value is -1.84. The molecular formula is C12H14O4. The Kier molecular flexibility index (Phi) is 3.32. The summed E-state index contributed by atoms with van der Waals surface area (Å²) in [6.07, 6.45) is 0.309. The first-order chi connectivity index (χ1) is 7.33. The second-order valence-electron chi connectivity index (χ2n) is 4.37. The van der Waals surface area contributed by atoms with E-state index in [1.165, 1.54) is 12.1 Å². The van der Waals surface area contributed by atoms with Gasteiger partial charge in [-0.2, -0.15) is 0 Å². The molecule has 4 heteroatoms. The summed E-state index contributed by atoms with van der Waals surface area (Å²) in [6, 6.07) is 6.35. The van der Waals surface area contributed by atoms with Gasteiger partial charge in [-0.3, -0.25) is 4.79 Å². The lowest BCUT2D eigenvalue weighted by Crippen LogP contribution is -2.26.